The van der Waals surface area contributed by atoms with Crippen molar-refractivity contribution in [1.82, 2.24) is 4.98 Å². The Morgan fingerprint density at radius 1 is 1.26 bits per heavy atom. The highest BCUT2D eigenvalue weighted by atomic mass is 32.2. The van der Waals surface area contributed by atoms with Crippen molar-refractivity contribution in [3.8, 4) is 0 Å². The zero-order valence-electron chi connectivity index (χ0n) is 10.1. The first-order chi connectivity index (χ1) is 8.88. The van der Waals surface area contributed by atoms with Gasteiger partial charge in [0, 0.05) is 18.0 Å². The molecule has 0 radical (unpaired) electrons. The van der Waals surface area contributed by atoms with Crippen LogP contribution in [0.4, 0.5) is 15.9 Å². The number of nitrogens with one attached hydrogen (secondary N) is 1. The number of aromatic nitrogens is 1. The molecule has 0 fully saturated rings. The Kier molecular flexibility index (Phi) is 3.39. The smallest absolute Gasteiger partial charge is 0.262 e. The lowest BCUT2D eigenvalue weighted by Gasteiger charge is -2.09. The van der Waals surface area contributed by atoms with Gasteiger partial charge in [-0.25, -0.2) is 17.8 Å². The summed E-state index contributed by atoms with van der Waals surface area (Å²) in [5.41, 5.74) is 6.08. The van der Waals surface area contributed by atoms with Crippen LogP contribution in [0.1, 0.15) is 5.56 Å². The van der Waals surface area contributed by atoms with Crippen LogP contribution in [0.25, 0.3) is 0 Å². The minimum atomic E-state index is -3.76. The summed E-state index contributed by atoms with van der Waals surface area (Å²) in [6, 6.07) is 6.55. The molecule has 2 aromatic rings. The van der Waals surface area contributed by atoms with E-state index in [1.807, 2.05) is 0 Å². The molecule has 5 nitrogen and oxygen atoms in total. The SMILES string of the molecule is Cc1cc(NS(=O)(=O)c2ccnc(N)c2)ccc1F. The van der Waals surface area contributed by atoms with Crippen LogP contribution < -0.4 is 10.5 Å². The fraction of sp³-hybridized carbons (Fsp3) is 0.0833. The number of sulfonamides is 1. The molecule has 0 aliphatic carbocycles. The summed E-state index contributed by atoms with van der Waals surface area (Å²) in [7, 11) is -3.76. The Balaban J connectivity index is 2.33. The van der Waals surface area contributed by atoms with Gasteiger partial charge in [-0.15, -0.1) is 0 Å². The first kappa shape index (κ1) is 13.3. The van der Waals surface area contributed by atoms with Crippen molar-refractivity contribution in [2.45, 2.75) is 11.8 Å². The molecule has 100 valence electrons. The van der Waals surface area contributed by atoms with Gasteiger partial charge in [-0.2, -0.15) is 0 Å². The number of hydrogen-bond donors (Lipinski definition) is 2. The highest BCUT2D eigenvalue weighted by Gasteiger charge is 2.15. The Labute approximate surface area is 110 Å². The number of halogens is 1. The van der Waals surface area contributed by atoms with Gasteiger partial charge in [-0.05, 0) is 36.8 Å². The van der Waals surface area contributed by atoms with Crippen molar-refractivity contribution in [1.29, 1.82) is 0 Å². The number of nitrogens with two attached hydrogens (primary N) is 1. The number of nitrogen functional groups attached to an aromatic ring is 1. The van der Waals surface area contributed by atoms with Crippen LogP contribution in [0.15, 0.2) is 41.4 Å². The predicted octanol–water partition coefficient (Wildman–Crippen LogP) is 1.91. The quantitative estimate of drug-likeness (QED) is 0.900. The van der Waals surface area contributed by atoms with Crippen molar-refractivity contribution in [2.24, 2.45) is 0 Å². The number of benzene rings is 1. The molecule has 0 bridgehead atoms. The molecule has 7 heteroatoms. The number of pyridine rings is 1. The van der Waals surface area contributed by atoms with Gasteiger partial charge in [0.05, 0.1) is 4.90 Å². The second-order valence-electron chi connectivity index (χ2n) is 3.99. The first-order valence-electron chi connectivity index (χ1n) is 5.39. The molecule has 1 heterocycles. The zero-order valence-corrected chi connectivity index (χ0v) is 10.9. The maximum Gasteiger partial charge on any atom is 0.262 e. The summed E-state index contributed by atoms with van der Waals surface area (Å²) in [5, 5.41) is 0. The van der Waals surface area contributed by atoms with Crippen molar-refractivity contribution < 1.29 is 12.8 Å². The molecule has 0 aliphatic rings. The number of aryl methyl sites for hydroxylation is 1. The Hall–Kier alpha value is -2.15. The van der Waals surface area contributed by atoms with Crippen LogP contribution in [0, 0.1) is 12.7 Å². The summed E-state index contributed by atoms with van der Waals surface area (Å²) in [5.74, 6) is -0.283. The summed E-state index contributed by atoms with van der Waals surface area (Å²) >= 11 is 0. The van der Waals surface area contributed by atoms with Gasteiger partial charge in [0.2, 0.25) is 0 Å². The van der Waals surface area contributed by atoms with Crippen LogP contribution >= 0.6 is 0 Å². The number of hydrogen-bond acceptors (Lipinski definition) is 4. The van der Waals surface area contributed by atoms with E-state index in [4.69, 9.17) is 5.73 Å². The third-order valence-electron chi connectivity index (χ3n) is 2.47. The van der Waals surface area contributed by atoms with Gasteiger partial charge in [-0.1, -0.05) is 0 Å². The van der Waals surface area contributed by atoms with E-state index in [2.05, 4.69) is 9.71 Å². The maximum absolute atomic E-state index is 13.1. The highest BCUT2D eigenvalue weighted by molar-refractivity contribution is 7.92. The normalized spacial score (nSPS) is 11.3. The summed E-state index contributed by atoms with van der Waals surface area (Å²) < 4.78 is 39.6. The lowest BCUT2D eigenvalue weighted by atomic mass is 10.2. The molecule has 0 saturated carbocycles. The molecule has 3 N–H and O–H groups in total. The number of rotatable bonds is 3. The number of nitrogens with zero attached hydrogens (tertiary/aromatic N) is 1. The number of anilines is 2. The molecule has 2 rings (SSSR count). The first-order valence-corrected chi connectivity index (χ1v) is 6.87. The van der Waals surface area contributed by atoms with E-state index in [-0.39, 0.29) is 16.4 Å². The Bertz CT molecular complexity index is 717. The highest BCUT2D eigenvalue weighted by Crippen LogP contribution is 2.19. The lowest BCUT2D eigenvalue weighted by molar-refractivity contribution is 0.600. The van der Waals surface area contributed by atoms with Crippen LogP contribution in [-0.4, -0.2) is 13.4 Å². The molecular formula is C12H12FN3O2S. The van der Waals surface area contributed by atoms with Crippen LogP contribution in [0.5, 0.6) is 0 Å². The molecule has 0 atom stereocenters. The molecule has 0 amide bonds. The van der Waals surface area contributed by atoms with E-state index in [1.165, 1.54) is 36.5 Å². The third-order valence-corrected chi connectivity index (χ3v) is 3.85. The molecule has 1 aromatic carbocycles. The van der Waals surface area contributed by atoms with Gasteiger partial charge < -0.3 is 5.73 Å². The molecule has 0 spiro atoms. The summed E-state index contributed by atoms with van der Waals surface area (Å²) in [6.45, 7) is 1.55. The largest absolute Gasteiger partial charge is 0.384 e. The Morgan fingerprint density at radius 2 is 2.00 bits per heavy atom. The van der Waals surface area contributed by atoms with Crippen molar-refractivity contribution in [3.63, 3.8) is 0 Å². The van der Waals surface area contributed by atoms with Crippen LogP contribution in [0.2, 0.25) is 0 Å². The second kappa shape index (κ2) is 4.85. The van der Waals surface area contributed by atoms with Gasteiger partial charge in [-0.3, -0.25) is 4.72 Å². The topological polar surface area (TPSA) is 85.1 Å². The summed E-state index contributed by atoms with van der Waals surface area (Å²) in [6.07, 6.45) is 1.31. The summed E-state index contributed by atoms with van der Waals surface area (Å²) in [4.78, 5) is 3.72. The van der Waals surface area contributed by atoms with Crippen molar-refractivity contribution in [2.75, 3.05) is 10.5 Å². The molecule has 1 aromatic heterocycles. The van der Waals surface area contributed by atoms with Crippen molar-refractivity contribution >= 4 is 21.5 Å². The van der Waals surface area contributed by atoms with Gasteiger partial charge in [0.15, 0.2) is 0 Å². The van der Waals surface area contributed by atoms with E-state index in [9.17, 15) is 12.8 Å². The molecule has 0 unspecified atom stereocenters. The van der Waals surface area contributed by atoms with Gasteiger partial charge >= 0.3 is 0 Å². The van der Waals surface area contributed by atoms with Crippen LogP contribution in [-0.2, 0) is 10.0 Å². The second-order valence-corrected chi connectivity index (χ2v) is 5.67. The van der Waals surface area contributed by atoms with E-state index >= 15 is 0 Å². The molecule has 0 aliphatic heterocycles. The van der Waals surface area contributed by atoms with E-state index < -0.39 is 15.8 Å². The predicted molar refractivity (Wildman–Crippen MR) is 70.6 cm³/mol. The van der Waals surface area contributed by atoms with Gasteiger partial charge in [0.1, 0.15) is 11.6 Å². The fourth-order valence-corrected chi connectivity index (χ4v) is 2.59. The fourth-order valence-electron chi connectivity index (χ4n) is 1.52. The monoisotopic (exact) mass is 281 g/mol. The van der Waals surface area contributed by atoms with Gasteiger partial charge in [0.25, 0.3) is 10.0 Å². The van der Waals surface area contributed by atoms with Crippen molar-refractivity contribution in [3.05, 3.63) is 47.9 Å². The minimum absolute atomic E-state index is 0.00183. The Morgan fingerprint density at radius 3 is 2.63 bits per heavy atom. The third kappa shape index (κ3) is 3.00. The average Bonchev–Trinajstić information content (AvgIpc) is 2.33. The standard InChI is InChI=1S/C12H12FN3O2S/c1-8-6-9(2-3-11(8)13)16-19(17,18)10-4-5-15-12(14)7-10/h2-7,16H,1H3,(H2,14,15). The zero-order chi connectivity index (χ0) is 14.0. The van der Waals surface area contributed by atoms with E-state index in [0.717, 1.165) is 0 Å². The molecular weight excluding hydrogens is 269 g/mol. The van der Waals surface area contributed by atoms with E-state index in [1.54, 1.807) is 6.92 Å². The molecule has 0 saturated heterocycles. The average molecular weight is 281 g/mol. The maximum atomic E-state index is 13.1. The lowest BCUT2D eigenvalue weighted by Crippen LogP contribution is -2.13. The van der Waals surface area contributed by atoms with Crippen LogP contribution in [0.3, 0.4) is 0 Å². The molecule has 19 heavy (non-hydrogen) atoms. The van der Waals surface area contributed by atoms with E-state index in [0.29, 0.717) is 5.56 Å². The minimum Gasteiger partial charge on any atom is -0.384 e.